The third kappa shape index (κ3) is 4.72. The van der Waals surface area contributed by atoms with Gasteiger partial charge in [0.1, 0.15) is 5.75 Å². The molecule has 0 aliphatic rings. The first-order chi connectivity index (χ1) is 15.0. The molecule has 0 amide bonds. The van der Waals surface area contributed by atoms with Gasteiger partial charge in [-0.3, -0.25) is 0 Å². The van der Waals surface area contributed by atoms with Crippen LogP contribution in [0.5, 0.6) is 5.75 Å². The van der Waals surface area contributed by atoms with Crippen LogP contribution in [0.3, 0.4) is 0 Å². The fraction of sp³-hybridized carbons (Fsp3) is 0. The van der Waals surface area contributed by atoms with E-state index in [1.807, 2.05) is 54.6 Å². The Bertz CT molecular complexity index is 1320. The summed E-state index contributed by atoms with van der Waals surface area (Å²) in [7, 11) is 0. The van der Waals surface area contributed by atoms with E-state index in [1.54, 1.807) is 12.1 Å². The van der Waals surface area contributed by atoms with Crippen molar-refractivity contribution in [1.82, 2.24) is 9.97 Å². The maximum absolute atomic E-state index is 10.3. The molecule has 0 fully saturated rings. The molecule has 8 heteroatoms. The van der Waals surface area contributed by atoms with Crippen molar-refractivity contribution in [2.24, 2.45) is 0 Å². The number of rotatable bonds is 6. The molecule has 3 N–H and O–H groups in total. The molecule has 4 aromatic rings. The van der Waals surface area contributed by atoms with Crippen molar-refractivity contribution in [3.8, 4) is 11.8 Å². The first-order valence-corrected chi connectivity index (χ1v) is 10.4. The van der Waals surface area contributed by atoms with Gasteiger partial charge in [-0.25, -0.2) is 9.97 Å². The molecule has 3 aromatic carbocycles. The monoisotopic (exact) mass is 445 g/mol. The number of hydrogen-bond acceptors (Lipinski definition) is 7. The maximum Gasteiger partial charge on any atom is 0.180 e. The number of aromatic hydroxyl groups is 1. The summed E-state index contributed by atoms with van der Waals surface area (Å²) in [6.07, 6.45) is 0. The Morgan fingerprint density at radius 3 is 2.32 bits per heavy atom. The predicted molar refractivity (Wildman–Crippen MR) is 127 cm³/mol. The zero-order valence-electron chi connectivity index (χ0n) is 16.1. The van der Waals surface area contributed by atoms with Gasteiger partial charge in [-0.15, -0.1) is 0 Å². The summed E-state index contributed by atoms with van der Waals surface area (Å²) >= 11 is 7.34. The second kappa shape index (κ2) is 8.96. The largest absolute Gasteiger partial charge is 0.507 e. The van der Waals surface area contributed by atoms with Gasteiger partial charge < -0.3 is 15.1 Å². The van der Waals surface area contributed by atoms with Gasteiger partial charge in [0.05, 0.1) is 22.7 Å². The van der Waals surface area contributed by atoms with E-state index < -0.39 is 0 Å². The SMILES string of the molecule is C=C(C#N)c1ccc(Nc2nc3ccccc3nc2NSc2ccc(Cl)cc2)cc1O. The van der Waals surface area contributed by atoms with E-state index in [0.29, 0.717) is 27.9 Å². The molecule has 152 valence electrons. The fourth-order valence-electron chi connectivity index (χ4n) is 2.83. The molecular formula is C23H16ClN5OS. The molecule has 1 heterocycles. The van der Waals surface area contributed by atoms with E-state index in [0.717, 1.165) is 15.9 Å². The van der Waals surface area contributed by atoms with Crippen molar-refractivity contribution in [3.05, 3.63) is 83.9 Å². The van der Waals surface area contributed by atoms with Crippen LogP contribution in [0, 0.1) is 11.3 Å². The summed E-state index contributed by atoms with van der Waals surface area (Å²) in [4.78, 5) is 10.3. The van der Waals surface area contributed by atoms with Crippen molar-refractivity contribution < 1.29 is 5.11 Å². The number of anilines is 3. The van der Waals surface area contributed by atoms with Crippen LogP contribution in [-0.4, -0.2) is 15.1 Å². The second-order valence-electron chi connectivity index (χ2n) is 6.51. The number of nitriles is 1. The van der Waals surface area contributed by atoms with Gasteiger partial charge in [-0.2, -0.15) is 5.26 Å². The van der Waals surface area contributed by atoms with Gasteiger partial charge in [0.25, 0.3) is 0 Å². The lowest BCUT2D eigenvalue weighted by molar-refractivity contribution is 0.474. The van der Waals surface area contributed by atoms with Crippen LogP contribution >= 0.6 is 23.5 Å². The molecule has 0 saturated carbocycles. The smallest absolute Gasteiger partial charge is 0.180 e. The number of fused-ring (bicyclic) bond motifs is 1. The number of phenols is 1. The predicted octanol–water partition coefficient (Wildman–Crippen LogP) is 6.39. The number of nitrogens with one attached hydrogen (secondary N) is 2. The molecule has 0 bridgehead atoms. The third-order valence-corrected chi connectivity index (χ3v) is 5.43. The Labute approximate surface area is 188 Å². The lowest BCUT2D eigenvalue weighted by Crippen LogP contribution is -2.02. The van der Waals surface area contributed by atoms with E-state index in [-0.39, 0.29) is 11.3 Å². The van der Waals surface area contributed by atoms with Gasteiger partial charge >= 0.3 is 0 Å². The molecule has 1 aromatic heterocycles. The van der Waals surface area contributed by atoms with Crippen molar-refractivity contribution in [1.29, 1.82) is 5.26 Å². The lowest BCUT2D eigenvalue weighted by Gasteiger charge is -2.14. The van der Waals surface area contributed by atoms with Gasteiger partial charge in [0, 0.05) is 27.2 Å². The number of para-hydroxylation sites is 2. The van der Waals surface area contributed by atoms with Crippen molar-refractivity contribution in [3.63, 3.8) is 0 Å². The second-order valence-corrected chi connectivity index (χ2v) is 7.83. The molecule has 0 aliphatic heterocycles. The first-order valence-electron chi connectivity index (χ1n) is 9.18. The fourth-order valence-corrected chi connectivity index (χ4v) is 3.58. The molecule has 0 unspecified atom stereocenters. The normalized spacial score (nSPS) is 10.5. The van der Waals surface area contributed by atoms with Crippen LogP contribution in [0.2, 0.25) is 5.02 Å². The van der Waals surface area contributed by atoms with Crippen LogP contribution in [0.15, 0.2) is 78.2 Å². The van der Waals surface area contributed by atoms with E-state index >= 15 is 0 Å². The summed E-state index contributed by atoms with van der Waals surface area (Å²) < 4.78 is 3.23. The van der Waals surface area contributed by atoms with Gasteiger partial charge in [0.2, 0.25) is 0 Å². The third-order valence-electron chi connectivity index (χ3n) is 4.37. The molecule has 0 radical (unpaired) electrons. The standard InChI is InChI=1S/C23H16ClN5OS/c1-14(13-25)18-11-8-16(12-21(18)30)26-22-23(28-20-5-3-2-4-19(20)27-22)29-31-17-9-6-15(24)7-10-17/h2-12,30H,1H2,(H,26,27)(H,28,29). The summed E-state index contributed by atoms with van der Waals surface area (Å²) in [5.74, 6) is 0.977. The summed E-state index contributed by atoms with van der Waals surface area (Å²) in [5.41, 5.74) is 2.64. The highest BCUT2D eigenvalue weighted by molar-refractivity contribution is 8.00. The molecule has 0 spiro atoms. The molecule has 0 aliphatic carbocycles. The number of hydrogen-bond donors (Lipinski definition) is 3. The number of allylic oxidation sites excluding steroid dienone is 1. The highest BCUT2D eigenvalue weighted by Gasteiger charge is 2.12. The zero-order valence-corrected chi connectivity index (χ0v) is 17.7. The van der Waals surface area contributed by atoms with Gasteiger partial charge in [0.15, 0.2) is 11.6 Å². The Morgan fingerprint density at radius 1 is 1.00 bits per heavy atom. The topological polar surface area (TPSA) is 93.9 Å². The van der Waals surface area contributed by atoms with Crippen LogP contribution in [0.25, 0.3) is 16.6 Å². The molecule has 4 rings (SSSR count). The number of benzene rings is 3. The van der Waals surface area contributed by atoms with Crippen LogP contribution in [-0.2, 0) is 0 Å². The number of nitrogens with zero attached hydrogens (tertiary/aromatic N) is 3. The van der Waals surface area contributed by atoms with Gasteiger partial charge in [-0.05, 0) is 60.5 Å². The van der Waals surface area contributed by atoms with Crippen molar-refractivity contribution in [2.75, 3.05) is 10.0 Å². The summed E-state index contributed by atoms with van der Waals surface area (Å²) in [6.45, 7) is 3.64. The summed E-state index contributed by atoms with van der Waals surface area (Å²) in [6, 6.07) is 21.8. The number of phenolic OH excluding ortho intramolecular Hbond substituents is 1. The lowest BCUT2D eigenvalue weighted by atomic mass is 10.1. The minimum Gasteiger partial charge on any atom is -0.507 e. The van der Waals surface area contributed by atoms with E-state index in [9.17, 15) is 5.11 Å². The van der Waals surface area contributed by atoms with Crippen molar-refractivity contribution >= 4 is 57.5 Å². The molecule has 6 nitrogen and oxygen atoms in total. The Kier molecular flexibility index (Phi) is 5.94. The van der Waals surface area contributed by atoms with Crippen LogP contribution in [0.1, 0.15) is 5.56 Å². The number of aromatic nitrogens is 2. The summed E-state index contributed by atoms with van der Waals surface area (Å²) in [5, 5.41) is 23.1. The molecule has 0 saturated heterocycles. The molecule has 31 heavy (non-hydrogen) atoms. The van der Waals surface area contributed by atoms with Crippen LogP contribution in [0.4, 0.5) is 17.3 Å². The Hall–Kier alpha value is -3.73. The van der Waals surface area contributed by atoms with E-state index in [2.05, 4.69) is 26.6 Å². The van der Waals surface area contributed by atoms with Crippen LogP contribution < -0.4 is 10.0 Å². The quantitative estimate of drug-likeness (QED) is 0.234. The highest BCUT2D eigenvalue weighted by atomic mass is 35.5. The molecule has 0 atom stereocenters. The minimum atomic E-state index is -0.0460. The average molecular weight is 446 g/mol. The Balaban J connectivity index is 1.66. The van der Waals surface area contributed by atoms with E-state index in [1.165, 1.54) is 18.0 Å². The number of halogens is 1. The van der Waals surface area contributed by atoms with Gasteiger partial charge in [-0.1, -0.05) is 30.3 Å². The van der Waals surface area contributed by atoms with E-state index in [4.69, 9.17) is 16.9 Å². The van der Waals surface area contributed by atoms with Crippen molar-refractivity contribution in [2.45, 2.75) is 4.90 Å². The maximum atomic E-state index is 10.3. The first kappa shape index (κ1) is 20.5. The molecular weight excluding hydrogens is 430 g/mol. The average Bonchev–Trinajstić information content (AvgIpc) is 2.78. The zero-order chi connectivity index (χ0) is 21.8. The Morgan fingerprint density at radius 2 is 1.68 bits per heavy atom. The minimum absolute atomic E-state index is 0.0460. The highest BCUT2D eigenvalue weighted by Crippen LogP contribution is 2.32.